The molecule has 4 N–H and O–H groups in total. The van der Waals surface area contributed by atoms with Crippen LogP contribution in [0.5, 0.6) is 0 Å². The van der Waals surface area contributed by atoms with Gasteiger partial charge in [0, 0.05) is 12.3 Å². The fourth-order valence-corrected chi connectivity index (χ4v) is 9.86. The molecule has 31 heavy (non-hydrogen) atoms. The smallest absolute Gasteiger partial charge is 0.407 e. The Balaban J connectivity index is 4.15. The molecule has 0 aromatic heterocycles. The fraction of sp³-hybridized carbons (Fsp3) is 0.750. The molecule has 0 radical (unpaired) electrons. The summed E-state index contributed by atoms with van der Waals surface area (Å²) in [5, 5.41) is 22.2. The van der Waals surface area contributed by atoms with Crippen molar-refractivity contribution in [3.05, 3.63) is 0 Å². The number of aliphatic hydroxyl groups excluding tert-OH is 2. The lowest BCUT2D eigenvalue weighted by Crippen LogP contribution is -2.56. The van der Waals surface area contributed by atoms with Crippen molar-refractivity contribution >= 4 is 40.8 Å². The van der Waals surface area contributed by atoms with E-state index in [1.54, 1.807) is 0 Å². The molecule has 0 saturated carbocycles. The van der Waals surface area contributed by atoms with Crippen LogP contribution in [-0.2, 0) is 32.7 Å². The Morgan fingerprint density at radius 2 is 0.968 bits per heavy atom. The number of carbonyl (C=O) groups excluding carboxylic acids is 4. The molecule has 0 aromatic carbocycles. The van der Waals surface area contributed by atoms with E-state index in [0.717, 1.165) is 0 Å². The van der Waals surface area contributed by atoms with Gasteiger partial charge in [0.05, 0.1) is 0 Å². The molecule has 13 nitrogen and oxygen atoms in total. The number of alkyl carbamates (subject to hydrolysis) is 2. The highest BCUT2D eigenvalue weighted by atomic mass is 28.4. The molecule has 0 heterocycles. The maximum Gasteiger partial charge on any atom is 0.407 e. The van der Waals surface area contributed by atoms with Gasteiger partial charge in [0.15, 0.2) is 16.6 Å². The Morgan fingerprint density at radius 3 is 1.29 bits per heavy atom. The van der Waals surface area contributed by atoms with Gasteiger partial charge in [-0.3, -0.25) is 0 Å². The van der Waals surface area contributed by atoms with Crippen molar-refractivity contribution in [2.45, 2.75) is 26.2 Å². The first kappa shape index (κ1) is 28.8. The summed E-state index contributed by atoms with van der Waals surface area (Å²) in [6.45, 7) is 5.52. The van der Waals surface area contributed by atoms with E-state index in [1.807, 2.05) is 26.2 Å². The summed E-state index contributed by atoms with van der Waals surface area (Å²) in [6.07, 6.45) is -0.849. The molecule has 2 amide bonds. The van der Waals surface area contributed by atoms with Crippen LogP contribution in [-0.4, -0.2) is 103 Å². The molecule has 0 unspecified atom stereocenters. The van der Waals surface area contributed by atoms with E-state index in [2.05, 4.69) is 20.1 Å². The zero-order chi connectivity index (χ0) is 23.9. The van der Waals surface area contributed by atoms with Gasteiger partial charge < -0.3 is 43.9 Å². The van der Waals surface area contributed by atoms with Gasteiger partial charge in [0.1, 0.15) is 39.6 Å². The summed E-state index contributed by atoms with van der Waals surface area (Å²) in [5.74, 6) is -1.61. The third-order valence-electron chi connectivity index (χ3n) is 3.29. The molecule has 15 heteroatoms. The molecular weight excluding hydrogens is 452 g/mol. The van der Waals surface area contributed by atoms with Gasteiger partial charge in [-0.1, -0.05) is 0 Å². The Bertz CT molecular complexity index is 552. The SMILES string of the molecule is C[Si](C)(CNC(=O)OCCOC(=O)CO)O[Si](C)(C)CNC(=O)OCCOC(=O)CO. The molecule has 0 aromatic rings. The fourth-order valence-electron chi connectivity index (χ4n) is 2.16. The zero-order valence-electron chi connectivity index (χ0n) is 18.2. The van der Waals surface area contributed by atoms with Crippen LogP contribution < -0.4 is 10.6 Å². The van der Waals surface area contributed by atoms with Gasteiger partial charge in [-0.15, -0.1) is 0 Å². The molecule has 0 fully saturated rings. The van der Waals surface area contributed by atoms with E-state index < -0.39 is 54.0 Å². The molecule has 0 rings (SSSR count). The van der Waals surface area contributed by atoms with Crippen LogP contribution >= 0.6 is 0 Å². The van der Waals surface area contributed by atoms with E-state index in [0.29, 0.717) is 0 Å². The number of nitrogens with one attached hydrogen (secondary N) is 2. The number of aliphatic hydroxyl groups is 2. The minimum atomic E-state index is -2.33. The highest BCUT2D eigenvalue weighted by Crippen LogP contribution is 2.13. The van der Waals surface area contributed by atoms with Gasteiger partial charge in [-0.05, 0) is 26.2 Å². The van der Waals surface area contributed by atoms with Crippen LogP contribution in [0.3, 0.4) is 0 Å². The van der Waals surface area contributed by atoms with Crippen molar-refractivity contribution in [3.8, 4) is 0 Å². The number of amides is 2. The Morgan fingerprint density at radius 1 is 0.645 bits per heavy atom. The van der Waals surface area contributed by atoms with Gasteiger partial charge in [0.2, 0.25) is 0 Å². The van der Waals surface area contributed by atoms with Gasteiger partial charge in [-0.2, -0.15) is 0 Å². The Hall–Kier alpha value is -2.21. The van der Waals surface area contributed by atoms with Gasteiger partial charge in [0.25, 0.3) is 0 Å². The average Bonchev–Trinajstić information content (AvgIpc) is 2.70. The van der Waals surface area contributed by atoms with Crippen LogP contribution in [0, 0.1) is 0 Å². The minimum Gasteiger partial charge on any atom is -0.460 e. The summed E-state index contributed by atoms with van der Waals surface area (Å²) in [4.78, 5) is 44.9. The standard InChI is InChI=1S/C16H32N2O11Si2/c1-30(2,11-17-15(23)27-7-5-25-13(21)9-19)29-31(3,4)12-18-16(24)28-8-6-26-14(22)10-20/h19-20H,5-12H2,1-4H3,(H,17,23)(H,18,24). The van der Waals surface area contributed by atoms with Crippen LogP contribution in [0.15, 0.2) is 0 Å². The maximum atomic E-state index is 11.7. The molecule has 0 bridgehead atoms. The second-order valence-corrected chi connectivity index (χ2v) is 15.9. The zero-order valence-corrected chi connectivity index (χ0v) is 20.2. The summed E-state index contributed by atoms with van der Waals surface area (Å²) in [7, 11) is -4.67. The lowest BCUT2D eigenvalue weighted by atomic mass is 10.7. The predicted octanol–water partition coefficient (Wildman–Crippen LogP) is -0.985. The normalized spacial score (nSPS) is 11.3. The monoisotopic (exact) mass is 484 g/mol. The lowest BCUT2D eigenvalue weighted by molar-refractivity contribution is -0.148. The molecule has 0 saturated heterocycles. The third-order valence-corrected chi connectivity index (χ3v) is 9.76. The first-order valence-electron chi connectivity index (χ1n) is 9.45. The molecule has 180 valence electrons. The second kappa shape index (κ2) is 14.7. The van der Waals surface area contributed by atoms with Crippen molar-refractivity contribution in [3.63, 3.8) is 0 Å². The molecule has 0 aliphatic heterocycles. The number of rotatable bonds is 14. The minimum absolute atomic E-state index is 0.147. The highest BCUT2D eigenvalue weighted by Gasteiger charge is 2.34. The van der Waals surface area contributed by atoms with Crippen LogP contribution in [0.1, 0.15) is 0 Å². The molecular formula is C16H32N2O11Si2. The van der Waals surface area contributed by atoms with Crippen LogP contribution in [0.2, 0.25) is 26.2 Å². The molecule has 0 aliphatic carbocycles. The number of carbonyl (C=O) groups is 4. The molecule has 0 aliphatic rings. The summed E-state index contributed by atoms with van der Waals surface area (Å²) >= 11 is 0. The number of esters is 2. The van der Waals surface area contributed by atoms with E-state index in [-0.39, 0.29) is 38.8 Å². The first-order chi connectivity index (χ1) is 14.4. The van der Waals surface area contributed by atoms with Crippen LogP contribution in [0.4, 0.5) is 9.59 Å². The van der Waals surface area contributed by atoms with Crippen LogP contribution in [0.25, 0.3) is 0 Å². The van der Waals surface area contributed by atoms with E-state index >= 15 is 0 Å². The highest BCUT2D eigenvalue weighted by molar-refractivity contribution is 6.85. The molecule has 0 spiro atoms. The van der Waals surface area contributed by atoms with Gasteiger partial charge >= 0.3 is 24.1 Å². The van der Waals surface area contributed by atoms with E-state index in [9.17, 15) is 19.2 Å². The van der Waals surface area contributed by atoms with Crippen molar-refractivity contribution < 1.29 is 52.5 Å². The lowest BCUT2D eigenvalue weighted by Gasteiger charge is -2.33. The van der Waals surface area contributed by atoms with Crippen molar-refractivity contribution in [1.82, 2.24) is 10.6 Å². The van der Waals surface area contributed by atoms with E-state index in [1.165, 1.54) is 0 Å². The predicted molar refractivity (Wildman–Crippen MR) is 111 cm³/mol. The topological polar surface area (TPSA) is 179 Å². The second-order valence-electron chi connectivity index (χ2n) is 7.36. The number of ether oxygens (including phenoxy) is 4. The number of hydrogen-bond acceptors (Lipinski definition) is 11. The van der Waals surface area contributed by atoms with Crippen molar-refractivity contribution in [2.24, 2.45) is 0 Å². The quantitative estimate of drug-likeness (QED) is 0.103. The number of hydrogen-bond donors (Lipinski definition) is 4. The summed E-state index contributed by atoms with van der Waals surface area (Å²) in [5.41, 5.74) is 0. The van der Waals surface area contributed by atoms with Gasteiger partial charge in [-0.25, -0.2) is 19.2 Å². The Labute approximate surface area is 182 Å². The first-order valence-corrected chi connectivity index (χ1v) is 15.7. The Kier molecular flexibility index (Phi) is 13.7. The largest absolute Gasteiger partial charge is 0.460 e. The molecule has 0 atom stereocenters. The van der Waals surface area contributed by atoms with Crippen molar-refractivity contribution in [2.75, 3.05) is 52.0 Å². The van der Waals surface area contributed by atoms with E-state index in [4.69, 9.17) is 23.8 Å². The summed E-state index contributed by atoms with van der Waals surface area (Å²) < 4.78 is 25.1. The third kappa shape index (κ3) is 16.2. The summed E-state index contributed by atoms with van der Waals surface area (Å²) in [6, 6.07) is 0. The maximum absolute atomic E-state index is 11.7. The van der Waals surface area contributed by atoms with Crippen molar-refractivity contribution in [1.29, 1.82) is 0 Å². The average molecular weight is 485 g/mol.